The highest BCUT2D eigenvalue weighted by Gasteiger charge is 2.19. The lowest BCUT2D eigenvalue weighted by atomic mass is 10.1. The molecule has 1 aromatic carbocycles. The molecule has 5 rings (SSSR count). The first kappa shape index (κ1) is 16.5. The van der Waals surface area contributed by atoms with Gasteiger partial charge in [0.05, 0.1) is 13.2 Å². The molecule has 10 heteroatoms. The largest absolute Gasteiger partial charge is 0.379 e. The zero-order valence-electron chi connectivity index (χ0n) is 14.4. The van der Waals surface area contributed by atoms with Gasteiger partial charge in [-0.3, -0.25) is 14.3 Å². The average Bonchev–Trinajstić information content (AvgIpc) is 3.07. The van der Waals surface area contributed by atoms with Crippen molar-refractivity contribution in [3.8, 4) is 0 Å². The molecule has 27 heavy (non-hydrogen) atoms. The van der Waals surface area contributed by atoms with Crippen LogP contribution in [0.1, 0.15) is 0 Å². The number of aromatic nitrogens is 6. The van der Waals surface area contributed by atoms with Crippen LogP contribution in [0.25, 0.3) is 27.7 Å². The van der Waals surface area contributed by atoms with E-state index in [2.05, 4.69) is 25.2 Å². The molecule has 0 atom stereocenters. The van der Waals surface area contributed by atoms with Gasteiger partial charge in [-0.15, -0.1) is 15.3 Å². The van der Waals surface area contributed by atoms with Crippen molar-refractivity contribution >= 4 is 39.3 Å². The van der Waals surface area contributed by atoms with Crippen LogP contribution in [0.2, 0.25) is 5.28 Å². The Hall–Kier alpha value is -2.62. The minimum absolute atomic E-state index is 0.00198. The van der Waals surface area contributed by atoms with E-state index in [0.29, 0.717) is 42.1 Å². The highest BCUT2D eigenvalue weighted by Crippen LogP contribution is 2.22. The van der Waals surface area contributed by atoms with E-state index in [9.17, 15) is 4.79 Å². The molecule has 1 fully saturated rings. The molecule has 1 saturated heterocycles. The van der Waals surface area contributed by atoms with Crippen molar-refractivity contribution in [2.75, 3.05) is 32.8 Å². The third kappa shape index (κ3) is 2.75. The SMILES string of the molecule is O=c1c2ccccc2c2nc3nnc(Cl)nn3c2n1CCN1CCOCC1. The summed E-state index contributed by atoms with van der Waals surface area (Å²) in [4.78, 5) is 20.1. The predicted octanol–water partition coefficient (Wildman–Crippen LogP) is 0.973. The number of hydrogen-bond donors (Lipinski definition) is 0. The van der Waals surface area contributed by atoms with Crippen molar-refractivity contribution in [2.45, 2.75) is 6.54 Å². The summed E-state index contributed by atoms with van der Waals surface area (Å²) in [6.07, 6.45) is 0. The average molecular weight is 386 g/mol. The van der Waals surface area contributed by atoms with Gasteiger partial charge in [0.1, 0.15) is 5.52 Å². The third-order valence-corrected chi connectivity index (χ3v) is 5.03. The molecule has 0 radical (unpaired) electrons. The molecule has 0 saturated carbocycles. The summed E-state index contributed by atoms with van der Waals surface area (Å²) in [6, 6.07) is 7.44. The normalized spacial score (nSPS) is 15.9. The van der Waals surface area contributed by atoms with Crippen molar-refractivity contribution < 1.29 is 4.74 Å². The Balaban J connectivity index is 1.75. The van der Waals surface area contributed by atoms with Gasteiger partial charge in [-0.1, -0.05) is 18.2 Å². The molecule has 9 nitrogen and oxygen atoms in total. The van der Waals surface area contributed by atoms with Gasteiger partial charge in [0.15, 0.2) is 5.65 Å². The molecule has 0 unspecified atom stereocenters. The van der Waals surface area contributed by atoms with Gasteiger partial charge in [-0.05, 0) is 17.7 Å². The van der Waals surface area contributed by atoms with Crippen LogP contribution in [0.5, 0.6) is 0 Å². The van der Waals surface area contributed by atoms with Gasteiger partial charge in [0.25, 0.3) is 16.6 Å². The van der Waals surface area contributed by atoms with E-state index in [0.717, 1.165) is 25.0 Å². The van der Waals surface area contributed by atoms with E-state index >= 15 is 0 Å². The van der Waals surface area contributed by atoms with E-state index in [1.165, 1.54) is 4.52 Å². The first-order valence-corrected chi connectivity index (χ1v) is 9.10. The van der Waals surface area contributed by atoms with E-state index in [4.69, 9.17) is 16.3 Å². The third-order valence-electron chi connectivity index (χ3n) is 4.88. The molecule has 0 N–H and O–H groups in total. The summed E-state index contributed by atoms with van der Waals surface area (Å²) in [7, 11) is 0. The van der Waals surface area contributed by atoms with Crippen molar-refractivity contribution in [3.05, 3.63) is 39.9 Å². The van der Waals surface area contributed by atoms with Crippen molar-refractivity contribution in [1.82, 2.24) is 34.3 Å². The monoisotopic (exact) mass is 385 g/mol. The first-order valence-electron chi connectivity index (χ1n) is 8.73. The molecular formula is C17H16ClN7O2. The van der Waals surface area contributed by atoms with Gasteiger partial charge in [-0.2, -0.15) is 4.52 Å². The number of benzene rings is 1. The van der Waals surface area contributed by atoms with E-state index in [-0.39, 0.29) is 10.8 Å². The molecule has 4 aromatic rings. The van der Waals surface area contributed by atoms with Crippen molar-refractivity contribution in [3.63, 3.8) is 0 Å². The zero-order valence-corrected chi connectivity index (χ0v) is 15.1. The second-order valence-corrected chi connectivity index (χ2v) is 6.76. The first-order chi connectivity index (χ1) is 13.2. The summed E-state index contributed by atoms with van der Waals surface area (Å²) in [5, 5.41) is 13.4. The number of fused-ring (bicyclic) bond motifs is 5. The second kappa shape index (κ2) is 6.52. The van der Waals surface area contributed by atoms with Crippen LogP contribution < -0.4 is 5.56 Å². The van der Waals surface area contributed by atoms with Crippen LogP contribution in [-0.2, 0) is 11.3 Å². The van der Waals surface area contributed by atoms with Crippen LogP contribution >= 0.6 is 11.6 Å². The smallest absolute Gasteiger partial charge is 0.272 e. The summed E-state index contributed by atoms with van der Waals surface area (Å²) < 4.78 is 8.60. The van der Waals surface area contributed by atoms with Crippen LogP contribution in [0, 0.1) is 0 Å². The maximum atomic E-state index is 13.2. The van der Waals surface area contributed by atoms with E-state index in [1.54, 1.807) is 4.57 Å². The van der Waals surface area contributed by atoms with Crippen LogP contribution in [0.3, 0.4) is 0 Å². The van der Waals surface area contributed by atoms with Gasteiger partial charge >= 0.3 is 0 Å². The number of ether oxygens (including phenoxy) is 1. The molecule has 0 amide bonds. The lowest BCUT2D eigenvalue weighted by Crippen LogP contribution is -2.39. The molecule has 3 aromatic heterocycles. The van der Waals surface area contributed by atoms with Crippen LogP contribution in [-0.4, -0.2) is 67.1 Å². The molecule has 138 valence electrons. The number of rotatable bonds is 3. The topological polar surface area (TPSA) is 90.4 Å². The minimum Gasteiger partial charge on any atom is -0.379 e. The minimum atomic E-state index is -0.0807. The Bertz CT molecular complexity index is 1210. The molecule has 0 bridgehead atoms. The fourth-order valence-electron chi connectivity index (χ4n) is 3.55. The lowest BCUT2D eigenvalue weighted by Gasteiger charge is -2.26. The fourth-order valence-corrected chi connectivity index (χ4v) is 3.67. The number of imidazole rings is 1. The Labute approximate surface area is 158 Å². The molecular weight excluding hydrogens is 370 g/mol. The predicted molar refractivity (Wildman–Crippen MR) is 100 cm³/mol. The highest BCUT2D eigenvalue weighted by molar-refractivity contribution is 6.28. The molecule has 0 spiro atoms. The van der Waals surface area contributed by atoms with E-state index in [1.807, 2.05) is 24.3 Å². The van der Waals surface area contributed by atoms with E-state index < -0.39 is 0 Å². The number of morpholine rings is 1. The lowest BCUT2D eigenvalue weighted by molar-refractivity contribution is 0.0364. The Morgan fingerprint density at radius 1 is 1.07 bits per heavy atom. The van der Waals surface area contributed by atoms with Gasteiger partial charge in [0.2, 0.25) is 0 Å². The quantitative estimate of drug-likeness (QED) is 0.519. The number of halogens is 1. The van der Waals surface area contributed by atoms with Crippen molar-refractivity contribution in [1.29, 1.82) is 0 Å². The van der Waals surface area contributed by atoms with Crippen LogP contribution in [0.15, 0.2) is 29.1 Å². The molecule has 0 aliphatic carbocycles. The summed E-state index contributed by atoms with van der Waals surface area (Å²) >= 11 is 5.94. The maximum absolute atomic E-state index is 13.2. The number of nitrogens with zero attached hydrogens (tertiary/aromatic N) is 7. The highest BCUT2D eigenvalue weighted by atomic mass is 35.5. The molecule has 1 aliphatic rings. The Morgan fingerprint density at radius 2 is 1.85 bits per heavy atom. The summed E-state index contributed by atoms with van der Waals surface area (Å²) in [5.41, 5.74) is 1.16. The maximum Gasteiger partial charge on any atom is 0.272 e. The molecule has 1 aliphatic heterocycles. The number of pyridine rings is 1. The van der Waals surface area contributed by atoms with Gasteiger partial charge in [0, 0.05) is 37.0 Å². The summed E-state index contributed by atoms with van der Waals surface area (Å²) in [5.74, 6) is 0.310. The fraction of sp³-hybridized carbons (Fsp3) is 0.353. The van der Waals surface area contributed by atoms with Gasteiger partial charge < -0.3 is 4.74 Å². The zero-order chi connectivity index (χ0) is 18.4. The van der Waals surface area contributed by atoms with Crippen LogP contribution in [0.4, 0.5) is 0 Å². The van der Waals surface area contributed by atoms with Gasteiger partial charge in [-0.25, -0.2) is 4.98 Å². The number of hydrogen-bond acceptors (Lipinski definition) is 7. The molecule has 4 heterocycles. The summed E-state index contributed by atoms with van der Waals surface area (Å²) in [6.45, 7) is 4.38. The standard InChI is InChI=1S/C17H16ClN7O2/c18-16-20-21-17-19-13-11-3-1-2-4-12(11)15(26)24(14(13)25(17)22-16)6-5-23-7-9-27-10-8-23/h1-4H,5-10H2. The second-order valence-electron chi connectivity index (χ2n) is 6.42. The van der Waals surface area contributed by atoms with Crippen molar-refractivity contribution in [2.24, 2.45) is 0 Å². The Kier molecular flexibility index (Phi) is 4.00. The Morgan fingerprint density at radius 3 is 2.67 bits per heavy atom.